The van der Waals surface area contributed by atoms with E-state index in [4.69, 9.17) is 0 Å². The zero-order valence-corrected chi connectivity index (χ0v) is 13.6. The Kier molecular flexibility index (Phi) is 5.17. The lowest BCUT2D eigenvalue weighted by Gasteiger charge is -2.04. The molecule has 25 heavy (non-hydrogen) atoms. The molecule has 0 aliphatic carbocycles. The molecule has 3 aromatic carbocycles. The van der Waals surface area contributed by atoms with Gasteiger partial charge in [-0.05, 0) is 35.9 Å². The summed E-state index contributed by atoms with van der Waals surface area (Å²) in [6.45, 7) is 0. The number of ketones is 1. The molecule has 3 heteroatoms. The molecular weight excluding hydrogens is 310 g/mol. The van der Waals surface area contributed by atoms with Crippen molar-refractivity contribution in [3.05, 3.63) is 108 Å². The van der Waals surface area contributed by atoms with Crippen molar-refractivity contribution >= 4 is 23.5 Å². The van der Waals surface area contributed by atoms with Crippen LogP contribution in [-0.4, -0.2) is 11.7 Å². The normalized spacial score (nSPS) is 10.6. The SMILES string of the molecule is O=C(C=Cc1ccccc1)Nc1ccc(C(=O)c2ccccc2)cc1. The Hall–Kier alpha value is -3.46. The summed E-state index contributed by atoms with van der Waals surface area (Å²) in [5, 5.41) is 2.78. The van der Waals surface area contributed by atoms with Crippen molar-refractivity contribution in [2.24, 2.45) is 0 Å². The van der Waals surface area contributed by atoms with E-state index in [0.717, 1.165) is 5.56 Å². The highest BCUT2D eigenvalue weighted by Gasteiger charge is 2.08. The Bertz CT molecular complexity index is 882. The first kappa shape index (κ1) is 16.4. The van der Waals surface area contributed by atoms with Gasteiger partial charge in [0.25, 0.3) is 0 Å². The van der Waals surface area contributed by atoms with Crippen LogP contribution in [0.5, 0.6) is 0 Å². The molecule has 0 saturated carbocycles. The fraction of sp³-hybridized carbons (Fsp3) is 0. The van der Waals surface area contributed by atoms with E-state index in [1.807, 2.05) is 48.5 Å². The van der Waals surface area contributed by atoms with Gasteiger partial charge in [-0.3, -0.25) is 9.59 Å². The van der Waals surface area contributed by atoms with E-state index >= 15 is 0 Å². The smallest absolute Gasteiger partial charge is 0.248 e. The molecular formula is C22H17NO2. The van der Waals surface area contributed by atoms with Crippen LogP contribution in [0.1, 0.15) is 21.5 Å². The van der Waals surface area contributed by atoms with E-state index in [2.05, 4.69) is 5.32 Å². The maximum absolute atomic E-state index is 12.3. The molecule has 0 radical (unpaired) electrons. The summed E-state index contributed by atoms with van der Waals surface area (Å²) < 4.78 is 0. The van der Waals surface area contributed by atoms with E-state index < -0.39 is 0 Å². The zero-order valence-electron chi connectivity index (χ0n) is 13.6. The first-order chi connectivity index (χ1) is 12.2. The van der Waals surface area contributed by atoms with Gasteiger partial charge in [0.15, 0.2) is 5.78 Å². The predicted octanol–water partition coefficient (Wildman–Crippen LogP) is 4.57. The number of carbonyl (C=O) groups excluding carboxylic acids is 2. The second-order valence-corrected chi connectivity index (χ2v) is 5.51. The van der Waals surface area contributed by atoms with Gasteiger partial charge in [-0.2, -0.15) is 0 Å². The fourth-order valence-corrected chi connectivity index (χ4v) is 2.38. The van der Waals surface area contributed by atoms with Crippen LogP contribution in [0.15, 0.2) is 91.0 Å². The highest BCUT2D eigenvalue weighted by atomic mass is 16.1. The van der Waals surface area contributed by atoms with Gasteiger partial charge in [0.1, 0.15) is 0 Å². The molecule has 3 rings (SSSR count). The monoisotopic (exact) mass is 327 g/mol. The Morgan fingerprint density at radius 2 is 1.24 bits per heavy atom. The number of anilines is 1. The lowest BCUT2D eigenvalue weighted by Crippen LogP contribution is -2.08. The van der Waals surface area contributed by atoms with Gasteiger partial charge >= 0.3 is 0 Å². The largest absolute Gasteiger partial charge is 0.323 e. The van der Waals surface area contributed by atoms with Crippen LogP contribution in [0.4, 0.5) is 5.69 Å². The number of hydrogen-bond donors (Lipinski definition) is 1. The number of benzene rings is 3. The van der Waals surface area contributed by atoms with E-state index in [9.17, 15) is 9.59 Å². The van der Waals surface area contributed by atoms with E-state index in [-0.39, 0.29) is 11.7 Å². The molecule has 0 saturated heterocycles. The molecule has 3 aromatic rings. The Labute approximate surface area is 146 Å². The van der Waals surface area contributed by atoms with Gasteiger partial charge in [-0.1, -0.05) is 60.7 Å². The number of carbonyl (C=O) groups is 2. The maximum Gasteiger partial charge on any atom is 0.248 e. The second kappa shape index (κ2) is 7.88. The third-order valence-corrected chi connectivity index (χ3v) is 3.68. The van der Waals surface area contributed by atoms with Crippen LogP contribution < -0.4 is 5.32 Å². The summed E-state index contributed by atoms with van der Waals surface area (Å²) in [4.78, 5) is 24.3. The topological polar surface area (TPSA) is 46.2 Å². The van der Waals surface area contributed by atoms with Crippen LogP contribution in [0.2, 0.25) is 0 Å². The van der Waals surface area contributed by atoms with Crippen molar-refractivity contribution in [3.8, 4) is 0 Å². The minimum absolute atomic E-state index is 0.0394. The van der Waals surface area contributed by atoms with Crippen molar-refractivity contribution < 1.29 is 9.59 Å². The van der Waals surface area contributed by atoms with Crippen LogP contribution in [0, 0.1) is 0 Å². The Balaban J connectivity index is 1.64. The van der Waals surface area contributed by atoms with Gasteiger partial charge in [0, 0.05) is 22.9 Å². The molecule has 0 unspecified atom stereocenters. The highest BCUT2D eigenvalue weighted by molar-refractivity contribution is 6.09. The van der Waals surface area contributed by atoms with Crippen LogP contribution in [0.3, 0.4) is 0 Å². The molecule has 0 aliphatic heterocycles. The number of amides is 1. The summed E-state index contributed by atoms with van der Waals surface area (Å²) >= 11 is 0. The van der Waals surface area contributed by atoms with Crippen LogP contribution in [-0.2, 0) is 4.79 Å². The molecule has 1 N–H and O–H groups in total. The minimum atomic E-state index is -0.217. The van der Waals surface area contributed by atoms with Gasteiger partial charge < -0.3 is 5.32 Å². The molecule has 0 heterocycles. The van der Waals surface area contributed by atoms with Crippen molar-refractivity contribution in [1.82, 2.24) is 0 Å². The Morgan fingerprint density at radius 1 is 0.680 bits per heavy atom. The van der Waals surface area contributed by atoms with Gasteiger partial charge in [0.05, 0.1) is 0 Å². The fourth-order valence-electron chi connectivity index (χ4n) is 2.38. The van der Waals surface area contributed by atoms with Gasteiger partial charge in [-0.15, -0.1) is 0 Å². The van der Waals surface area contributed by atoms with Crippen molar-refractivity contribution in [1.29, 1.82) is 0 Å². The molecule has 0 bridgehead atoms. The first-order valence-corrected chi connectivity index (χ1v) is 7.96. The number of hydrogen-bond acceptors (Lipinski definition) is 2. The molecule has 3 nitrogen and oxygen atoms in total. The summed E-state index contributed by atoms with van der Waals surface area (Å²) in [6.07, 6.45) is 3.24. The van der Waals surface area contributed by atoms with Crippen LogP contribution >= 0.6 is 0 Å². The zero-order chi connectivity index (χ0) is 17.5. The van der Waals surface area contributed by atoms with Crippen molar-refractivity contribution in [3.63, 3.8) is 0 Å². The van der Waals surface area contributed by atoms with E-state index in [1.54, 1.807) is 42.5 Å². The molecule has 0 fully saturated rings. The lowest BCUT2D eigenvalue weighted by molar-refractivity contribution is -0.111. The second-order valence-electron chi connectivity index (χ2n) is 5.51. The lowest BCUT2D eigenvalue weighted by atomic mass is 10.0. The van der Waals surface area contributed by atoms with Crippen LogP contribution in [0.25, 0.3) is 6.08 Å². The number of rotatable bonds is 5. The summed E-state index contributed by atoms with van der Waals surface area (Å²) in [5.74, 6) is -0.256. The molecule has 0 atom stereocenters. The summed E-state index contributed by atoms with van der Waals surface area (Å²) in [5.41, 5.74) is 2.84. The minimum Gasteiger partial charge on any atom is -0.323 e. The average Bonchev–Trinajstić information content (AvgIpc) is 2.68. The van der Waals surface area contributed by atoms with E-state index in [0.29, 0.717) is 16.8 Å². The van der Waals surface area contributed by atoms with E-state index in [1.165, 1.54) is 6.08 Å². The highest BCUT2D eigenvalue weighted by Crippen LogP contribution is 2.14. The first-order valence-electron chi connectivity index (χ1n) is 7.96. The maximum atomic E-state index is 12.3. The van der Waals surface area contributed by atoms with Crippen molar-refractivity contribution in [2.75, 3.05) is 5.32 Å². The Morgan fingerprint density at radius 3 is 1.88 bits per heavy atom. The standard InChI is InChI=1S/C22H17NO2/c24-21(16-11-17-7-3-1-4-8-17)23-20-14-12-19(13-15-20)22(25)18-9-5-2-6-10-18/h1-16H,(H,23,24). The molecule has 1 amide bonds. The third kappa shape index (κ3) is 4.52. The molecule has 0 spiro atoms. The molecule has 0 aliphatic rings. The van der Waals surface area contributed by atoms with Gasteiger partial charge in [0.2, 0.25) is 5.91 Å². The predicted molar refractivity (Wildman–Crippen MR) is 100 cm³/mol. The summed E-state index contributed by atoms with van der Waals surface area (Å²) in [7, 11) is 0. The molecule has 122 valence electrons. The van der Waals surface area contributed by atoms with Crippen molar-refractivity contribution in [2.45, 2.75) is 0 Å². The third-order valence-electron chi connectivity index (χ3n) is 3.68. The quantitative estimate of drug-likeness (QED) is 0.551. The molecule has 0 aromatic heterocycles. The van der Waals surface area contributed by atoms with Gasteiger partial charge in [-0.25, -0.2) is 0 Å². The summed E-state index contributed by atoms with van der Waals surface area (Å²) in [6, 6.07) is 25.6. The average molecular weight is 327 g/mol. The number of nitrogens with one attached hydrogen (secondary N) is 1.